The third kappa shape index (κ3) is 0.384. The van der Waals surface area contributed by atoms with Gasteiger partial charge in [0, 0.05) is 5.92 Å². The summed E-state index contributed by atoms with van der Waals surface area (Å²) in [7, 11) is 0. The fourth-order valence-corrected chi connectivity index (χ4v) is 0.173. The molecule has 0 aliphatic heterocycles. The minimum absolute atomic E-state index is 0.315. The predicted octanol–water partition coefficient (Wildman–Crippen LogP) is 0.734. The Morgan fingerprint density at radius 1 is 2.00 bits per heavy atom. The molecule has 1 fully saturated rings. The number of nitrogens with zero attached hydrogens (tertiary/aromatic N) is 1. The van der Waals surface area contributed by atoms with Crippen LogP contribution in [0.4, 0.5) is 0 Å². The zero-order valence-corrected chi connectivity index (χ0v) is 2.81. The van der Waals surface area contributed by atoms with E-state index in [9.17, 15) is 0 Å². The third-order valence-electron chi connectivity index (χ3n) is 0.637. The molecule has 0 saturated heterocycles. The molecule has 0 N–H and O–H groups in total. The van der Waals surface area contributed by atoms with E-state index in [0.717, 1.165) is 6.42 Å². The molecule has 0 unspecified atom stereocenters. The van der Waals surface area contributed by atoms with Crippen LogP contribution in [0.5, 0.6) is 0 Å². The molecule has 1 saturated carbocycles. The molecule has 1 nitrogen and oxygen atoms in total. The van der Waals surface area contributed by atoms with Crippen LogP contribution in [-0.4, -0.2) is 0 Å². The van der Waals surface area contributed by atoms with E-state index >= 15 is 0 Å². The molecule has 1 heteroatoms. The summed E-state index contributed by atoms with van der Waals surface area (Å²) < 4.78 is 0. The van der Waals surface area contributed by atoms with Gasteiger partial charge in [0.15, 0.2) is 0 Å². The lowest BCUT2D eigenvalue weighted by atomic mass is 10.5. The summed E-state index contributed by atoms with van der Waals surface area (Å²) in [5.74, 6) is 0.315. The number of hydrogen-bond donors (Lipinski definition) is 0. The van der Waals surface area contributed by atoms with Crippen LogP contribution in [0.2, 0.25) is 0 Å². The van der Waals surface area contributed by atoms with Gasteiger partial charge in [-0.2, -0.15) is 5.26 Å². The van der Waals surface area contributed by atoms with Crippen molar-refractivity contribution in [3.05, 3.63) is 6.42 Å². The van der Waals surface area contributed by atoms with Gasteiger partial charge in [-0.25, -0.2) is 0 Å². The summed E-state index contributed by atoms with van der Waals surface area (Å²) in [5, 5.41) is 7.92. The van der Waals surface area contributed by atoms with Gasteiger partial charge in [0.1, 0.15) is 0 Å². The first kappa shape index (κ1) is 2.71. The summed E-state index contributed by atoms with van der Waals surface area (Å²) in [6.07, 6.45) is 3.01. The molecular weight excluding hydrogens is 62.1 g/mol. The summed E-state index contributed by atoms with van der Waals surface area (Å²) in [5.41, 5.74) is 0. The topological polar surface area (TPSA) is 23.8 Å². The van der Waals surface area contributed by atoms with Crippen molar-refractivity contribution >= 4 is 0 Å². The molecule has 1 radical (unpaired) electrons. The SMILES string of the molecule is N#C[C@@H]1[CH]C1. The van der Waals surface area contributed by atoms with E-state index < -0.39 is 0 Å². The van der Waals surface area contributed by atoms with E-state index in [-0.39, 0.29) is 0 Å². The van der Waals surface area contributed by atoms with Crippen LogP contribution in [0.1, 0.15) is 6.42 Å². The van der Waals surface area contributed by atoms with E-state index in [0.29, 0.717) is 5.92 Å². The first-order valence-corrected chi connectivity index (χ1v) is 1.66. The fraction of sp³-hybridized carbons (Fsp3) is 0.500. The Labute approximate surface area is 31.2 Å². The third-order valence-corrected chi connectivity index (χ3v) is 0.637. The molecule has 0 spiro atoms. The van der Waals surface area contributed by atoms with Gasteiger partial charge in [-0.05, 0) is 12.8 Å². The largest absolute Gasteiger partial charge is 0.198 e. The molecule has 0 bridgehead atoms. The lowest BCUT2D eigenvalue weighted by molar-refractivity contribution is 1.17. The van der Waals surface area contributed by atoms with Gasteiger partial charge in [0.25, 0.3) is 0 Å². The molecule has 0 aromatic rings. The molecule has 0 heterocycles. The highest BCUT2D eigenvalue weighted by molar-refractivity contribution is 5.08. The minimum Gasteiger partial charge on any atom is -0.198 e. The average Bonchev–Trinajstić information content (AvgIpc) is 2.12. The molecule has 5 heavy (non-hydrogen) atoms. The minimum atomic E-state index is 0.315. The average molecular weight is 66.1 g/mol. The smallest absolute Gasteiger partial charge is 0.0658 e. The molecule has 1 rings (SSSR count). The monoisotopic (exact) mass is 66.0 g/mol. The lowest BCUT2D eigenvalue weighted by Crippen LogP contribution is -1.52. The van der Waals surface area contributed by atoms with Crippen LogP contribution in [0.25, 0.3) is 0 Å². The Morgan fingerprint density at radius 2 is 2.60 bits per heavy atom. The van der Waals surface area contributed by atoms with Crippen LogP contribution in [0.3, 0.4) is 0 Å². The summed E-state index contributed by atoms with van der Waals surface area (Å²) in [4.78, 5) is 0. The molecule has 1 aliphatic carbocycles. The fourth-order valence-electron chi connectivity index (χ4n) is 0.173. The maximum Gasteiger partial charge on any atom is 0.0658 e. The first-order valence-electron chi connectivity index (χ1n) is 1.66. The quantitative estimate of drug-likeness (QED) is 0.409. The van der Waals surface area contributed by atoms with E-state index in [1.807, 2.05) is 6.42 Å². The Balaban J connectivity index is 2.30. The second kappa shape index (κ2) is 0.718. The van der Waals surface area contributed by atoms with Crippen molar-refractivity contribution in [3.8, 4) is 6.07 Å². The second-order valence-corrected chi connectivity index (χ2v) is 1.21. The van der Waals surface area contributed by atoms with E-state index in [2.05, 4.69) is 6.07 Å². The number of rotatable bonds is 0. The van der Waals surface area contributed by atoms with Crippen molar-refractivity contribution in [3.63, 3.8) is 0 Å². The van der Waals surface area contributed by atoms with Crippen molar-refractivity contribution in [1.82, 2.24) is 0 Å². The highest BCUT2D eigenvalue weighted by Crippen LogP contribution is 2.25. The van der Waals surface area contributed by atoms with Gasteiger partial charge in [0.05, 0.1) is 6.07 Å². The molecular formula is C4H4N. The van der Waals surface area contributed by atoms with Crippen molar-refractivity contribution in [2.45, 2.75) is 6.42 Å². The molecule has 0 aromatic heterocycles. The lowest BCUT2D eigenvalue weighted by Gasteiger charge is -1.51. The van der Waals surface area contributed by atoms with Crippen LogP contribution in [0.15, 0.2) is 0 Å². The van der Waals surface area contributed by atoms with Gasteiger partial charge in [0.2, 0.25) is 0 Å². The second-order valence-electron chi connectivity index (χ2n) is 1.21. The van der Waals surface area contributed by atoms with Crippen molar-refractivity contribution < 1.29 is 0 Å². The van der Waals surface area contributed by atoms with Gasteiger partial charge < -0.3 is 0 Å². The van der Waals surface area contributed by atoms with E-state index in [1.54, 1.807) is 0 Å². The normalized spacial score (nSPS) is 21.4. The maximum absolute atomic E-state index is 7.92. The van der Waals surface area contributed by atoms with Crippen LogP contribution < -0.4 is 0 Å². The Bertz CT molecular complexity index is 66.2. The Morgan fingerprint density at radius 3 is 2.60 bits per heavy atom. The van der Waals surface area contributed by atoms with Gasteiger partial charge in [-0.15, -0.1) is 0 Å². The van der Waals surface area contributed by atoms with Gasteiger partial charge in [-0.1, -0.05) is 0 Å². The molecule has 0 amide bonds. The van der Waals surface area contributed by atoms with Crippen LogP contribution in [-0.2, 0) is 0 Å². The Hall–Kier alpha value is -0.510. The van der Waals surface area contributed by atoms with Crippen LogP contribution in [0, 0.1) is 23.7 Å². The molecule has 25 valence electrons. The van der Waals surface area contributed by atoms with Gasteiger partial charge in [-0.3, -0.25) is 0 Å². The van der Waals surface area contributed by atoms with Crippen molar-refractivity contribution in [2.24, 2.45) is 5.92 Å². The van der Waals surface area contributed by atoms with E-state index in [4.69, 9.17) is 5.26 Å². The first-order chi connectivity index (χ1) is 2.43. The highest BCUT2D eigenvalue weighted by atomic mass is 14.3. The zero-order valence-electron chi connectivity index (χ0n) is 2.81. The molecule has 0 aromatic carbocycles. The van der Waals surface area contributed by atoms with Crippen LogP contribution >= 0.6 is 0 Å². The number of nitriles is 1. The van der Waals surface area contributed by atoms with E-state index in [1.165, 1.54) is 0 Å². The summed E-state index contributed by atoms with van der Waals surface area (Å²) in [6.45, 7) is 0. The van der Waals surface area contributed by atoms with Crippen molar-refractivity contribution in [1.29, 1.82) is 5.26 Å². The molecule has 1 aliphatic rings. The molecule has 1 atom stereocenters. The van der Waals surface area contributed by atoms with Crippen molar-refractivity contribution in [2.75, 3.05) is 0 Å². The van der Waals surface area contributed by atoms with Gasteiger partial charge >= 0.3 is 0 Å². The summed E-state index contributed by atoms with van der Waals surface area (Å²) in [6, 6.07) is 2.08. The standard InChI is InChI=1S/C4H4N/c5-3-4-1-2-4/h1,4H,2H2/t4-/m1/s1. The highest BCUT2D eigenvalue weighted by Gasteiger charge is 2.19. The maximum atomic E-state index is 7.92. The predicted molar refractivity (Wildman–Crippen MR) is 18.0 cm³/mol. The zero-order chi connectivity index (χ0) is 3.70. The Kier molecular flexibility index (Phi) is 0.390. The number of hydrogen-bond acceptors (Lipinski definition) is 1. The summed E-state index contributed by atoms with van der Waals surface area (Å²) >= 11 is 0.